The molecule has 0 spiro atoms. The third kappa shape index (κ3) is 4.14. The van der Waals surface area contributed by atoms with E-state index >= 15 is 0 Å². The van der Waals surface area contributed by atoms with E-state index in [1.54, 1.807) is 0 Å². The predicted octanol–water partition coefficient (Wildman–Crippen LogP) is 10.9. The summed E-state index contributed by atoms with van der Waals surface area (Å²) in [6.45, 7) is 2.14. The Labute approximate surface area is 258 Å². The standard InChI is InChI=1S/C41H30N2/c1-2-39-42-36-24-11-13-26-38(36)43(39)37-25-12-10-23-35(37)41-33-21-8-6-19-31(33)40(32-20-7-9-22-34(32)41)30-18-14-17-29(27-30)28-15-4-3-5-16-28/h3-27H,2H2,1H3/i3D,4D,5D,15D,16D. The highest BCUT2D eigenvalue weighted by Crippen LogP contribution is 2.45. The second-order valence-corrected chi connectivity index (χ2v) is 10.6. The van der Waals surface area contributed by atoms with Crippen LogP contribution >= 0.6 is 0 Å². The highest BCUT2D eigenvalue weighted by molar-refractivity contribution is 6.22. The fourth-order valence-corrected chi connectivity index (χ4v) is 6.42. The molecule has 0 aliphatic heterocycles. The highest BCUT2D eigenvalue weighted by Gasteiger charge is 2.21. The summed E-state index contributed by atoms with van der Waals surface area (Å²) in [5.41, 5.74) is 8.02. The minimum atomic E-state index is -0.396. The van der Waals surface area contributed by atoms with Gasteiger partial charge in [0.05, 0.1) is 23.6 Å². The number of nitrogens with zero attached hydrogens (tertiary/aromatic N) is 2. The molecule has 204 valence electrons. The van der Waals surface area contributed by atoms with Crippen molar-refractivity contribution in [2.24, 2.45) is 0 Å². The van der Waals surface area contributed by atoms with Gasteiger partial charge in [-0.25, -0.2) is 4.98 Å². The Morgan fingerprint density at radius 1 is 0.581 bits per heavy atom. The minimum Gasteiger partial charge on any atom is -0.296 e. The molecular formula is C41H30N2. The van der Waals surface area contributed by atoms with Gasteiger partial charge in [0.1, 0.15) is 5.82 Å². The number of aromatic nitrogens is 2. The van der Waals surface area contributed by atoms with E-state index in [1.165, 1.54) is 0 Å². The summed E-state index contributed by atoms with van der Waals surface area (Å²) in [5, 5.41) is 4.31. The van der Waals surface area contributed by atoms with Gasteiger partial charge in [-0.05, 0) is 73.6 Å². The molecule has 0 atom stereocenters. The molecule has 1 aromatic heterocycles. The van der Waals surface area contributed by atoms with Crippen LogP contribution in [0, 0.1) is 0 Å². The number of aryl methyl sites for hydroxylation is 1. The number of benzene rings is 7. The molecule has 2 heteroatoms. The van der Waals surface area contributed by atoms with Crippen LogP contribution in [0.2, 0.25) is 0 Å². The van der Waals surface area contributed by atoms with E-state index in [4.69, 9.17) is 11.8 Å². The van der Waals surface area contributed by atoms with Crippen LogP contribution in [0.1, 0.15) is 19.6 Å². The van der Waals surface area contributed by atoms with Crippen LogP contribution in [0.15, 0.2) is 152 Å². The van der Waals surface area contributed by atoms with Crippen LogP contribution < -0.4 is 0 Å². The molecule has 0 amide bonds. The average molecular weight is 556 g/mol. The maximum Gasteiger partial charge on any atom is 0.114 e. The van der Waals surface area contributed by atoms with Crippen molar-refractivity contribution in [3.63, 3.8) is 0 Å². The quantitative estimate of drug-likeness (QED) is 0.193. The number of fused-ring (bicyclic) bond motifs is 3. The molecule has 1 heterocycles. The molecule has 0 aliphatic carbocycles. The number of imidazole rings is 1. The third-order valence-electron chi connectivity index (χ3n) is 8.23. The number of hydrogen-bond acceptors (Lipinski definition) is 1. The van der Waals surface area contributed by atoms with Crippen LogP contribution in [0.25, 0.3) is 71.6 Å². The second kappa shape index (κ2) is 10.4. The number of hydrogen-bond donors (Lipinski definition) is 0. The largest absolute Gasteiger partial charge is 0.296 e. The molecule has 0 fully saturated rings. The van der Waals surface area contributed by atoms with Crippen LogP contribution in [-0.2, 0) is 6.42 Å². The monoisotopic (exact) mass is 555 g/mol. The summed E-state index contributed by atoms with van der Waals surface area (Å²) in [4.78, 5) is 4.98. The molecule has 2 nitrogen and oxygen atoms in total. The molecule has 0 aliphatic rings. The Morgan fingerprint density at radius 3 is 1.91 bits per heavy atom. The van der Waals surface area contributed by atoms with Gasteiger partial charge in [0, 0.05) is 12.0 Å². The topological polar surface area (TPSA) is 17.8 Å². The van der Waals surface area contributed by atoms with Gasteiger partial charge >= 0.3 is 0 Å². The Balaban J connectivity index is 1.43. The van der Waals surface area contributed by atoms with Crippen LogP contribution in [0.5, 0.6) is 0 Å². The van der Waals surface area contributed by atoms with Gasteiger partial charge in [-0.1, -0.05) is 134 Å². The highest BCUT2D eigenvalue weighted by atomic mass is 15.1. The summed E-state index contributed by atoms with van der Waals surface area (Å²) in [6, 6.07) is 39.9. The van der Waals surface area contributed by atoms with Gasteiger partial charge in [0.15, 0.2) is 0 Å². The Bertz CT molecular complexity index is 2480. The third-order valence-corrected chi connectivity index (χ3v) is 8.23. The predicted molar refractivity (Wildman–Crippen MR) is 182 cm³/mol. The molecular weight excluding hydrogens is 520 g/mol. The fraction of sp³-hybridized carbons (Fsp3) is 0.0488. The minimum absolute atomic E-state index is 0.196. The molecule has 7 aromatic carbocycles. The lowest BCUT2D eigenvalue weighted by Gasteiger charge is -2.21. The van der Waals surface area contributed by atoms with Gasteiger partial charge in [-0.3, -0.25) is 4.57 Å². The molecule has 0 saturated carbocycles. The summed E-state index contributed by atoms with van der Waals surface area (Å²) in [7, 11) is 0. The first-order valence-corrected chi connectivity index (χ1v) is 14.6. The van der Waals surface area contributed by atoms with Crippen molar-refractivity contribution < 1.29 is 6.85 Å². The van der Waals surface area contributed by atoms with E-state index in [9.17, 15) is 0 Å². The van der Waals surface area contributed by atoms with E-state index in [0.717, 1.165) is 72.8 Å². The molecule has 0 radical (unpaired) electrons. The first kappa shape index (κ1) is 20.4. The molecule has 0 unspecified atom stereocenters. The average Bonchev–Trinajstić information content (AvgIpc) is 3.51. The van der Waals surface area contributed by atoms with Gasteiger partial charge in [-0.15, -0.1) is 0 Å². The Kier molecular flexibility index (Phi) is 4.95. The van der Waals surface area contributed by atoms with Crippen molar-refractivity contribution >= 4 is 32.6 Å². The van der Waals surface area contributed by atoms with Crippen LogP contribution in [-0.4, -0.2) is 9.55 Å². The maximum atomic E-state index is 8.61. The summed E-state index contributed by atoms with van der Waals surface area (Å²) >= 11 is 0. The van der Waals surface area contributed by atoms with Gasteiger partial charge in [0.25, 0.3) is 0 Å². The zero-order valence-corrected chi connectivity index (χ0v) is 23.6. The van der Waals surface area contributed by atoms with E-state index < -0.39 is 6.04 Å². The lowest BCUT2D eigenvalue weighted by atomic mass is 9.85. The van der Waals surface area contributed by atoms with Crippen molar-refractivity contribution in [2.75, 3.05) is 0 Å². The van der Waals surface area contributed by atoms with Crippen LogP contribution in [0.3, 0.4) is 0 Å². The SMILES string of the molecule is [2H]c1c([2H])c([2H])c(-c2cccc(-c3c4ccccc4c(-c4ccccc4-n4c(CC)nc5ccccc54)c4ccccc34)c2)c([2H])c1[2H]. The summed E-state index contributed by atoms with van der Waals surface area (Å²) in [5.74, 6) is 0.998. The normalized spacial score (nSPS) is 13.1. The maximum absolute atomic E-state index is 8.61. The smallest absolute Gasteiger partial charge is 0.114 e. The molecule has 0 N–H and O–H groups in total. The summed E-state index contributed by atoms with van der Waals surface area (Å²) < 4.78 is 44.1. The lowest BCUT2D eigenvalue weighted by Crippen LogP contribution is -2.03. The van der Waals surface area contributed by atoms with Gasteiger partial charge < -0.3 is 0 Å². The van der Waals surface area contributed by atoms with Crippen molar-refractivity contribution in [1.29, 1.82) is 0 Å². The fourth-order valence-electron chi connectivity index (χ4n) is 6.42. The van der Waals surface area contributed by atoms with Gasteiger partial charge in [0.2, 0.25) is 0 Å². The van der Waals surface area contributed by atoms with Crippen molar-refractivity contribution in [3.8, 4) is 39.1 Å². The first-order valence-electron chi connectivity index (χ1n) is 17.1. The zero-order valence-electron chi connectivity index (χ0n) is 28.6. The number of rotatable bonds is 5. The molecule has 0 saturated heterocycles. The van der Waals surface area contributed by atoms with E-state index in [2.05, 4.69) is 90.4 Å². The first-order chi connectivity index (χ1) is 23.4. The lowest BCUT2D eigenvalue weighted by molar-refractivity contribution is 0.909. The van der Waals surface area contributed by atoms with E-state index in [0.29, 0.717) is 5.56 Å². The molecule has 8 aromatic rings. The van der Waals surface area contributed by atoms with Crippen molar-refractivity contribution in [2.45, 2.75) is 13.3 Å². The number of para-hydroxylation sites is 3. The van der Waals surface area contributed by atoms with E-state index in [-0.39, 0.29) is 29.7 Å². The van der Waals surface area contributed by atoms with E-state index in [1.807, 2.05) is 42.5 Å². The van der Waals surface area contributed by atoms with Gasteiger partial charge in [-0.2, -0.15) is 0 Å². The Hall–Kier alpha value is -5.47. The van der Waals surface area contributed by atoms with Crippen molar-refractivity contribution in [1.82, 2.24) is 9.55 Å². The Morgan fingerprint density at radius 2 is 1.19 bits per heavy atom. The zero-order chi connectivity index (χ0) is 33.1. The van der Waals surface area contributed by atoms with Crippen LogP contribution in [0.4, 0.5) is 0 Å². The summed E-state index contributed by atoms with van der Waals surface area (Å²) in [6.07, 6.45) is 0.786. The molecule has 8 rings (SSSR count). The molecule has 43 heavy (non-hydrogen) atoms. The molecule has 0 bridgehead atoms. The second-order valence-electron chi connectivity index (χ2n) is 10.6. The van der Waals surface area contributed by atoms with Crippen molar-refractivity contribution in [3.05, 3.63) is 157 Å².